The molecule has 1 unspecified atom stereocenters. The van der Waals surface area contributed by atoms with E-state index in [0.717, 1.165) is 23.5 Å². The van der Waals surface area contributed by atoms with E-state index in [1.54, 1.807) is 11.3 Å². The number of carbonyl (C=O) groups is 1. The first-order chi connectivity index (χ1) is 12.1. The van der Waals surface area contributed by atoms with Crippen LogP contribution in [0.2, 0.25) is 0 Å². The average molecular weight is 371 g/mol. The fraction of sp³-hybridized carbons (Fsp3) is 0.235. The molecule has 0 saturated carbocycles. The van der Waals surface area contributed by atoms with Crippen LogP contribution >= 0.6 is 23.1 Å². The highest BCUT2D eigenvalue weighted by molar-refractivity contribution is 8.00. The van der Waals surface area contributed by atoms with Crippen molar-refractivity contribution in [2.75, 3.05) is 17.3 Å². The molecule has 128 valence electrons. The molecule has 1 aliphatic heterocycles. The Morgan fingerprint density at radius 1 is 1.28 bits per heavy atom. The zero-order valence-corrected chi connectivity index (χ0v) is 15.3. The van der Waals surface area contributed by atoms with Crippen molar-refractivity contribution in [1.82, 2.24) is 14.9 Å². The van der Waals surface area contributed by atoms with Crippen molar-refractivity contribution in [3.63, 3.8) is 0 Å². The second-order valence-corrected chi connectivity index (χ2v) is 8.04. The van der Waals surface area contributed by atoms with Crippen LogP contribution in [-0.4, -0.2) is 32.6 Å². The first kappa shape index (κ1) is 16.2. The van der Waals surface area contributed by atoms with Gasteiger partial charge in [-0.15, -0.1) is 21.5 Å². The van der Waals surface area contributed by atoms with E-state index in [9.17, 15) is 4.79 Å². The van der Waals surface area contributed by atoms with E-state index >= 15 is 0 Å². The predicted molar refractivity (Wildman–Crippen MR) is 101 cm³/mol. The second kappa shape index (κ2) is 6.53. The fourth-order valence-electron chi connectivity index (χ4n) is 2.93. The number of thioether (sulfide) groups is 1. The Balaban J connectivity index is 1.51. The van der Waals surface area contributed by atoms with Gasteiger partial charge in [-0.25, -0.2) is 4.68 Å². The Labute approximate surface area is 153 Å². The predicted octanol–water partition coefficient (Wildman–Crippen LogP) is 2.79. The Kier molecular flexibility index (Phi) is 4.22. The minimum Gasteiger partial charge on any atom is -0.335 e. The summed E-state index contributed by atoms with van der Waals surface area (Å²) in [6.07, 6.45) is 0.898. The highest BCUT2D eigenvalue weighted by Gasteiger charge is 2.29. The van der Waals surface area contributed by atoms with Crippen molar-refractivity contribution in [2.45, 2.75) is 23.8 Å². The highest BCUT2D eigenvalue weighted by atomic mass is 32.2. The molecule has 8 heteroatoms. The van der Waals surface area contributed by atoms with E-state index in [0.29, 0.717) is 11.0 Å². The SMILES string of the molecule is CC(Sc1nnc(-c2cccs2)n1N)C(=O)N1CCc2ccccc21. The van der Waals surface area contributed by atoms with E-state index in [1.807, 2.05) is 47.5 Å². The number of anilines is 1. The molecule has 1 atom stereocenters. The van der Waals surface area contributed by atoms with Crippen molar-refractivity contribution in [2.24, 2.45) is 0 Å². The number of fused-ring (bicyclic) bond motifs is 1. The molecule has 0 radical (unpaired) electrons. The van der Waals surface area contributed by atoms with Gasteiger partial charge in [0.2, 0.25) is 11.1 Å². The standard InChI is InChI=1S/C17H17N5OS2/c1-11(16(23)21-9-8-12-5-2-3-6-13(12)21)25-17-20-19-15(22(17)18)14-7-4-10-24-14/h2-7,10-11H,8-9,18H2,1H3. The molecule has 1 amide bonds. The number of benzene rings is 1. The summed E-state index contributed by atoms with van der Waals surface area (Å²) >= 11 is 2.89. The van der Waals surface area contributed by atoms with Gasteiger partial charge in [0.05, 0.1) is 10.1 Å². The summed E-state index contributed by atoms with van der Waals surface area (Å²) < 4.78 is 1.46. The quantitative estimate of drug-likeness (QED) is 0.564. The maximum absolute atomic E-state index is 12.9. The number of aromatic nitrogens is 3. The average Bonchev–Trinajstić information content (AvgIpc) is 3.35. The van der Waals surface area contributed by atoms with E-state index in [4.69, 9.17) is 5.84 Å². The third-order valence-corrected chi connectivity index (χ3v) is 6.10. The number of hydrogen-bond donors (Lipinski definition) is 1. The minimum absolute atomic E-state index is 0.0654. The van der Waals surface area contributed by atoms with Crippen molar-refractivity contribution in [3.8, 4) is 10.7 Å². The molecule has 0 aliphatic carbocycles. The number of amides is 1. The molecule has 2 N–H and O–H groups in total. The first-order valence-corrected chi connectivity index (χ1v) is 9.71. The molecule has 3 aromatic rings. The van der Waals surface area contributed by atoms with Crippen LogP contribution in [0.3, 0.4) is 0 Å². The van der Waals surface area contributed by atoms with Crippen LogP contribution in [0.5, 0.6) is 0 Å². The molecule has 6 nitrogen and oxygen atoms in total. The molecule has 25 heavy (non-hydrogen) atoms. The van der Waals surface area contributed by atoms with Crippen LogP contribution in [0.15, 0.2) is 46.9 Å². The van der Waals surface area contributed by atoms with Gasteiger partial charge in [0.1, 0.15) is 0 Å². The zero-order chi connectivity index (χ0) is 17.4. The van der Waals surface area contributed by atoms with Crippen LogP contribution < -0.4 is 10.7 Å². The summed E-state index contributed by atoms with van der Waals surface area (Å²) in [5.41, 5.74) is 2.23. The van der Waals surface area contributed by atoms with E-state index < -0.39 is 0 Å². The molecule has 1 aliphatic rings. The molecular weight excluding hydrogens is 354 g/mol. The minimum atomic E-state index is -0.297. The summed E-state index contributed by atoms with van der Waals surface area (Å²) in [4.78, 5) is 15.7. The second-order valence-electron chi connectivity index (χ2n) is 5.78. The van der Waals surface area contributed by atoms with Crippen molar-refractivity contribution >= 4 is 34.7 Å². The highest BCUT2D eigenvalue weighted by Crippen LogP contribution is 2.32. The third-order valence-electron chi connectivity index (χ3n) is 4.19. The van der Waals surface area contributed by atoms with Crippen LogP contribution in [0.1, 0.15) is 12.5 Å². The van der Waals surface area contributed by atoms with Gasteiger partial charge in [-0.2, -0.15) is 0 Å². The molecular formula is C17H17N5OS2. The zero-order valence-electron chi connectivity index (χ0n) is 13.6. The lowest BCUT2D eigenvalue weighted by atomic mass is 10.2. The van der Waals surface area contributed by atoms with Gasteiger partial charge in [0, 0.05) is 12.2 Å². The Morgan fingerprint density at radius 3 is 2.92 bits per heavy atom. The number of para-hydroxylation sites is 1. The van der Waals surface area contributed by atoms with Crippen LogP contribution in [-0.2, 0) is 11.2 Å². The van der Waals surface area contributed by atoms with Gasteiger partial charge >= 0.3 is 0 Å². The summed E-state index contributed by atoms with van der Waals surface area (Å²) in [6, 6.07) is 11.9. The molecule has 2 aromatic heterocycles. The van der Waals surface area contributed by atoms with Gasteiger partial charge in [0.15, 0.2) is 5.82 Å². The van der Waals surface area contributed by atoms with Crippen molar-refractivity contribution in [1.29, 1.82) is 0 Å². The number of carbonyl (C=O) groups excluding carboxylic acids is 1. The maximum atomic E-state index is 12.9. The lowest BCUT2D eigenvalue weighted by molar-refractivity contribution is -0.117. The van der Waals surface area contributed by atoms with Gasteiger partial charge in [-0.05, 0) is 36.4 Å². The van der Waals surface area contributed by atoms with Crippen molar-refractivity contribution in [3.05, 3.63) is 47.3 Å². The molecule has 0 bridgehead atoms. The van der Waals surface area contributed by atoms with Gasteiger partial charge in [0.25, 0.3) is 0 Å². The van der Waals surface area contributed by atoms with E-state index in [1.165, 1.54) is 22.0 Å². The fourth-order valence-corrected chi connectivity index (χ4v) is 4.46. The summed E-state index contributed by atoms with van der Waals surface area (Å²) in [7, 11) is 0. The summed E-state index contributed by atoms with van der Waals surface area (Å²) in [6.45, 7) is 2.60. The maximum Gasteiger partial charge on any atom is 0.240 e. The number of thiophene rings is 1. The Bertz CT molecular complexity index is 906. The first-order valence-electron chi connectivity index (χ1n) is 7.95. The van der Waals surface area contributed by atoms with Crippen LogP contribution in [0.25, 0.3) is 10.7 Å². The molecule has 0 spiro atoms. The normalized spacial score (nSPS) is 14.5. The van der Waals surface area contributed by atoms with Gasteiger partial charge in [-0.1, -0.05) is 36.0 Å². The van der Waals surface area contributed by atoms with Gasteiger partial charge < -0.3 is 10.7 Å². The van der Waals surface area contributed by atoms with E-state index in [-0.39, 0.29) is 11.2 Å². The lowest BCUT2D eigenvalue weighted by Crippen LogP contribution is -2.35. The van der Waals surface area contributed by atoms with Crippen LogP contribution in [0.4, 0.5) is 5.69 Å². The van der Waals surface area contributed by atoms with Crippen molar-refractivity contribution < 1.29 is 4.79 Å². The van der Waals surface area contributed by atoms with Gasteiger partial charge in [-0.3, -0.25) is 4.79 Å². The Hall–Kier alpha value is -2.32. The number of nitrogens with zero attached hydrogens (tertiary/aromatic N) is 4. The topological polar surface area (TPSA) is 77.0 Å². The molecule has 4 rings (SSSR count). The summed E-state index contributed by atoms with van der Waals surface area (Å²) in [5, 5.41) is 10.5. The molecule has 0 fully saturated rings. The summed E-state index contributed by atoms with van der Waals surface area (Å²) in [5.74, 6) is 6.81. The Morgan fingerprint density at radius 2 is 2.12 bits per heavy atom. The largest absolute Gasteiger partial charge is 0.335 e. The van der Waals surface area contributed by atoms with E-state index in [2.05, 4.69) is 16.3 Å². The third kappa shape index (κ3) is 2.91. The number of hydrogen-bond acceptors (Lipinski definition) is 6. The number of nitrogen functional groups attached to an aromatic ring is 1. The lowest BCUT2D eigenvalue weighted by Gasteiger charge is -2.21. The number of nitrogens with two attached hydrogens (primary N) is 1. The smallest absolute Gasteiger partial charge is 0.240 e. The molecule has 3 heterocycles. The van der Waals surface area contributed by atoms with Crippen LogP contribution in [0, 0.1) is 0 Å². The molecule has 1 aromatic carbocycles. The number of rotatable bonds is 4. The monoisotopic (exact) mass is 371 g/mol. The molecule has 0 saturated heterocycles.